The Bertz CT molecular complexity index is 1330. The van der Waals surface area contributed by atoms with E-state index in [-0.39, 0.29) is 23.0 Å². The first-order valence-electron chi connectivity index (χ1n) is 11.8. The van der Waals surface area contributed by atoms with Crippen LogP contribution >= 0.6 is 15.9 Å². The lowest BCUT2D eigenvalue weighted by Crippen LogP contribution is -2.37. The standard InChI is InChI=1S/C27H27BrN2O6S/c28-23-10-12-24(13-11-23)37(33,34)29-26(31)25-9-5-4-8-22(25)16-21-17-30(14-15-35-18-21)27(32)36-19-20-6-2-1-3-7-20/h1-13,21H,14-19H2,(H,29,31)/t21-/m0/s1. The zero-order chi connectivity index (χ0) is 26.3. The lowest BCUT2D eigenvalue weighted by molar-refractivity contribution is 0.0914. The highest BCUT2D eigenvalue weighted by molar-refractivity contribution is 9.10. The number of sulfonamides is 1. The summed E-state index contributed by atoms with van der Waals surface area (Å²) in [6.45, 7) is 1.75. The van der Waals surface area contributed by atoms with Gasteiger partial charge in [0.1, 0.15) is 6.61 Å². The van der Waals surface area contributed by atoms with Crippen LogP contribution in [0.2, 0.25) is 0 Å². The molecule has 1 aliphatic rings. The van der Waals surface area contributed by atoms with Crippen LogP contribution in [-0.2, 0) is 32.5 Å². The Morgan fingerprint density at radius 2 is 1.70 bits per heavy atom. The van der Waals surface area contributed by atoms with Crippen LogP contribution in [0.5, 0.6) is 0 Å². The Hall–Kier alpha value is -3.21. The van der Waals surface area contributed by atoms with Crippen molar-refractivity contribution in [3.63, 3.8) is 0 Å². The molecule has 0 unspecified atom stereocenters. The van der Waals surface area contributed by atoms with Gasteiger partial charge in [-0.15, -0.1) is 0 Å². The van der Waals surface area contributed by atoms with E-state index in [0.717, 1.165) is 10.0 Å². The monoisotopic (exact) mass is 586 g/mol. The molecule has 8 nitrogen and oxygen atoms in total. The number of carbonyl (C=O) groups is 2. The maximum atomic E-state index is 13.0. The van der Waals surface area contributed by atoms with E-state index >= 15 is 0 Å². The van der Waals surface area contributed by atoms with Crippen LogP contribution in [0.1, 0.15) is 21.5 Å². The molecule has 37 heavy (non-hydrogen) atoms. The number of hydrogen-bond acceptors (Lipinski definition) is 6. The predicted octanol–water partition coefficient (Wildman–Crippen LogP) is 4.40. The quantitative estimate of drug-likeness (QED) is 0.440. The van der Waals surface area contributed by atoms with Crippen molar-refractivity contribution in [2.24, 2.45) is 5.92 Å². The maximum Gasteiger partial charge on any atom is 0.410 e. The lowest BCUT2D eigenvalue weighted by atomic mass is 9.95. The van der Waals surface area contributed by atoms with Gasteiger partial charge in [-0.25, -0.2) is 17.9 Å². The van der Waals surface area contributed by atoms with Crippen molar-refractivity contribution in [3.05, 3.63) is 100 Å². The molecule has 10 heteroatoms. The van der Waals surface area contributed by atoms with Crippen LogP contribution in [0, 0.1) is 5.92 Å². The van der Waals surface area contributed by atoms with Gasteiger partial charge < -0.3 is 14.4 Å². The molecule has 1 N–H and O–H groups in total. The van der Waals surface area contributed by atoms with Crippen molar-refractivity contribution in [2.75, 3.05) is 26.3 Å². The third-order valence-electron chi connectivity index (χ3n) is 5.92. The molecular formula is C27H27BrN2O6S. The number of benzene rings is 3. The second kappa shape index (κ2) is 12.4. The average molecular weight is 587 g/mol. The highest BCUT2D eigenvalue weighted by atomic mass is 79.9. The maximum absolute atomic E-state index is 13.0. The average Bonchev–Trinajstić information content (AvgIpc) is 3.14. The Balaban J connectivity index is 1.42. The smallest absolute Gasteiger partial charge is 0.410 e. The van der Waals surface area contributed by atoms with E-state index in [1.54, 1.807) is 41.3 Å². The van der Waals surface area contributed by atoms with Gasteiger partial charge in [0.05, 0.1) is 18.1 Å². The summed E-state index contributed by atoms with van der Waals surface area (Å²) < 4.78 is 39.6. The first-order chi connectivity index (χ1) is 17.8. The number of carbonyl (C=O) groups excluding carboxylic acids is 2. The molecule has 0 bridgehead atoms. The molecule has 0 radical (unpaired) electrons. The van der Waals surface area contributed by atoms with Crippen molar-refractivity contribution in [1.82, 2.24) is 9.62 Å². The van der Waals surface area contributed by atoms with Crippen molar-refractivity contribution in [3.8, 4) is 0 Å². The molecule has 0 aliphatic carbocycles. The van der Waals surface area contributed by atoms with E-state index in [4.69, 9.17) is 9.47 Å². The van der Waals surface area contributed by atoms with Gasteiger partial charge in [-0.3, -0.25) is 4.79 Å². The summed E-state index contributed by atoms with van der Waals surface area (Å²) in [5, 5.41) is 0. The summed E-state index contributed by atoms with van der Waals surface area (Å²) in [6.07, 6.45) is -0.00400. The van der Waals surface area contributed by atoms with Gasteiger partial charge in [0.2, 0.25) is 0 Å². The molecule has 2 amide bonds. The van der Waals surface area contributed by atoms with E-state index in [9.17, 15) is 18.0 Å². The lowest BCUT2D eigenvalue weighted by Gasteiger charge is -2.23. The molecule has 0 spiro atoms. The first kappa shape index (κ1) is 26.8. The third-order valence-corrected chi connectivity index (χ3v) is 7.80. The van der Waals surface area contributed by atoms with E-state index in [2.05, 4.69) is 20.7 Å². The number of ether oxygens (including phenoxy) is 2. The molecule has 0 saturated carbocycles. The van der Waals surface area contributed by atoms with Crippen LogP contribution < -0.4 is 4.72 Å². The van der Waals surface area contributed by atoms with E-state index < -0.39 is 22.0 Å². The zero-order valence-corrected chi connectivity index (χ0v) is 22.4. The summed E-state index contributed by atoms with van der Waals surface area (Å²) >= 11 is 3.27. The fourth-order valence-corrected chi connectivity index (χ4v) is 5.29. The Labute approximate surface area is 224 Å². The van der Waals surface area contributed by atoms with Crippen LogP contribution in [-0.4, -0.2) is 51.6 Å². The SMILES string of the molecule is O=C(NS(=O)(=O)c1ccc(Br)cc1)c1ccccc1C[C@@H]1COCCN(C(=O)OCc2ccccc2)C1. The Morgan fingerprint density at radius 1 is 1.00 bits per heavy atom. The normalized spacial score (nSPS) is 16.0. The minimum Gasteiger partial charge on any atom is -0.445 e. The Morgan fingerprint density at radius 3 is 2.46 bits per heavy atom. The van der Waals surface area contributed by atoms with E-state index in [0.29, 0.717) is 38.3 Å². The number of rotatable bonds is 7. The highest BCUT2D eigenvalue weighted by Crippen LogP contribution is 2.20. The number of nitrogens with one attached hydrogen (secondary N) is 1. The summed E-state index contributed by atoms with van der Waals surface area (Å²) in [5.74, 6) is -0.823. The molecule has 0 aromatic heterocycles. The van der Waals surface area contributed by atoms with Gasteiger partial charge >= 0.3 is 6.09 Å². The molecule has 1 atom stereocenters. The molecule has 1 fully saturated rings. The third kappa shape index (κ3) is 7.41. The van der Waals surface area contributed by atoms with Crippen LogP contribution in [0.4, 0.5) is 4.79 Å². The minimum absolute atomic E-state index is 0.0108. The number of halogens is 1. The van der Waals surface area contributed by atoms with Crippen molar-refractivity contribution >= 4 is 38.0 Å². The molecule has 1 heterocycles. The molecule has 3 aromatic carbocycles. The van der Waals surface area contributed by atoms with Gasteiger partial charge in [0.15, 0.2) is 0 Å². The predicted molar refractivity (Wildman–Crippen MR) is 141 cm³/mol. The highest BCUT2D eigenvalue weighted by Gasteiger charge is 2.26. The van der Waals surface area contributed by atoms with Crippen LogP contribution in [0.25, 0.3) is 0 Å². The zero-order valence-electron chi connectivity index (χ0n) is 20.0. The second-order valence-corrected chi connectivity index (χ2v) is 11.3. The van der Waals surface area contributed by atoms with Gasteiger partial charge in [0, 0.05) is 29.0 Å². The molecular weight excluding hydrogens is 560 g/mol. The van der Waals surface area contributed by atoms with Crippen molar-refractivity contribution < 1.29 is 27.5 Å². The van der Waals surface area contributed by atoms with E-state index in [1.807, 2.05) is 30.3 Å². The number of hydrogen-bond donors (Lipinski definition) is 1. The van der Waals surface area contributed by atoms with Gasteiger partial charge in [-0.2, -0.15) is 0 Å². The fourth-order valence-electron chi connectivity index (χ4n) is 4.06. The Kier molecular flexibility index (Phi) is 8.96. The molecule has 1 saturated heterocycles. The molecule has 4 rings (SSSR count). The first-order valence-corrected chi connectivity index (χ1v) is 14.0. The molecule has 3 aromatic rings. The van der Waals surface area contributed by atoms with Crippen LogP contribution in [0.3, 0.4) is 0 Å². The summed E-state index contributed by atoms with van der Waals surface area (Å²) in [6, 6.07) is 22.3. The number of nitrogens with zero attached hydrogens (tertiary/aromatic N) is 1. The second-order valence-electron chi connectivity index (χ2n) is 8.68. The van der Waals surface area contributed by atoms with Gasteiger partial charge in [0.25, 0.3) is 15.9 Å². The van der Waals surface area contributed by atoms with Gasteiger partial charge in [-0.1, -0.05) is 64.5 Å². The minimum atomic E-state index is -4.04. The number of amides is 2. The van der Waals surface area contributed by atoms with E-state index in [1.165, 1.54) is 12.1 Å². The van der Waals surface area contributed by atoms with Gasteiger partial charge in [-0.05, 0) is 47.9 Å². The largest absolute Gasteiger partial charge is 0.445 e. The molecule has 1 aliphatic heterocycles. The fraction of sp³-hybridized carbons (Fsp3) is 0.259. The van der Waals surface area contributed by atoms with Crippen molar-refractivity contribution in [1.29, 1.82) is 0 Å². The summed E-state index contributed by atoms with van der Waals surface area (Å²) in [4.78, 5) is 27.3. The summed E-state index contributed by atoms with van der Waals surface area (Å²) in [5.41, 5.74) is 1.82. The molecule has 194 valence electrons. The van der Waals surface area contributed by atoms with Crippen molar-refractivity contribution in [2.45, 2.75) is 17.9 Å². The topological polar surface area (TPSA) is 102 Å². The summed E-state index contributed by atoms with van der Waals surface area (Å²) in [7, 11) is -4.04. The van der Waals surface area contributed by atoms with Crippen LogP contribution in [0.15, 0.2) is 88.2 Å².